The molecule has 1 aromatic heterocycles. The average Bonchev–Trinajstić information content (AvgIpc) is 2.93. The number of nitrogens with one attached hydrogen (secondary N) is 3. The second-order valence-corrected chi connectivity index (χ2v) is 15.2. The van der Waals surface area contributed by atoms with Crippen LogP contribution in [0.4, 0.5) is 33.6 Å². The van der Waals surface area contributed by atoms with Gasteiger partial charge in [0, 0.05) is 43.2 Å². The Balaban J connectivity index is 1.39. The Hall–Kier alpha value is -3.94. The first kappa shape index (κ1) is 33.9. The van der Waals surface area contributed by atoms with Crippen LogP contribution in [0.25, 0.3) is 0 Å². The van der Waals surface area contributed by atoms with Crippen LogP contribution in [0.5, 0.6) is 0 Å². The summed E-state index contributed by atoms with van der Waals surface area (Å²) < 4.78 is 30.3. The largest absolute Gasteiger partial charge is 0.444 e. The van der Waals surface area contributed by atoms with E-state index in [0.717, 1.165) is 31.9 Å². The highest BCUT2D eigenvalue weighted by Gasteiger charge is 2.30. The van der Waals surface area contributed by atoms with E-state index in [9.17, 15) is 22.8 Å². The van der Waals surface area contributed by atoms with Gasteiger partial charge in [-0.15, -0.1) is 0 Å². The van der Waals surface area contributed by atoms with Gasteiger partial charge in [0.2, 0.25) is 17.8 Å². The lowest BCUT2D eigenvalue weighted by Gasteiger charge is -2.36. The van der Waals surface area contributed by atoms with Gasteiger partial charge in [0.15, 0.2) is 15.7 Å². The molecule has 0 spiro atoms. The lowest BCUT2D eigenvalue weighted by atomic mass is 9.83. The van der Waals surface area contributed by atoms with Gasteiger partial charge in [0.05, 0.1) is 17.6 Å². The van der Waals surface area contributed by atoms with E-state index >= 15 is 0 Å². The van der Waals surface area contributed by atoms with Crippen molar-refractivity contribution in [1.82, 2.24) is 15.3 Å². The van der Waals surface area contributed by atoms with Crippen molar-refractivity contribution in [2.75, 3.05) is 40.3 Å². The average molecular weight is 644 g/mol. The van der Waals surface area contributed by atoms with Gasteiger partial charge in [-0.05, 0) is 90.8 Å². The summed E-state index contributed by atoms with van der Waals surface area (Å²) in [7, 11) is -1.93. The lowest BCUT2D eigenvalue weighted by Crippen LogP contribution is -2.47. The Labute approximate surface area is 265 Å². The van der Waals surface area contributed by atoms with Crippen molar-refractivity contribution in [2.24, 2.45) is 5.92 Å². The minimum absolute atomic E-state index is 0.0171. The molecule has 13 nitrogen and oxygen atoms in total. The third-order valence-corrected chi connectivity index (χ3v) is 9.00. The zero-order valence-corrected chi connectivity index (χ0v) is 28.0. The van der Waals surface area contributed by atoms with E-state index in [-0.39, 0.29) is 47.7 Å². The molecule has 45 heavy (non-hydrogen) atoms. The number of carbonyl (C=O) groups is 3. The van der Waals surface area contributed by atoms with Gasteiger partial charge in [-0.25, -0.2) is 18.2 Å². The van der Waals surface area contributed by atoms with E-state index in [1.807, 2.05) is 39.5 Å². The Morgan fingerprint density at radius 1 is 1.09 bits per heavy atom. The molecule has 1 aliphatic heterocycles. The Kier molecular flexibility index (Phi) is 10.3. The molecule has 0 radical (unpaired) electrons. The first-order valence-corrected chi connectivity index (χ1v) is 17.2. The summed E-state index contributed by atoms with van der Waals surface area (Å²) in [5, 5.41) is 8.86. The maximum absolute atomic E-state index is 12.9. The molecule has 4 rings (SSSR count). The molecule has 246 valence electrons. The molecule has 0 unspecified atom stereocenters. The van der Waals surface area contributed by atoms with Crippen LogP contribution in [0.3, 0.4) is 0 Å². The van der Waals surface area contributed by atoms with E-state index in [4.69, 9.17) is 4.74 Å². The minimum Gasteiger partial charge on any atom is -0.444 e. The molecule has 2 aliphatic rings. The van der Waals surface area contributed by atoms with Crippen LogP contribution < -0.4 is 25.8 Å². The Morgan fingerprint density at radius 2 is 1.76 bits per heavy atom. The normalized spacial score (nSPS) is 18.8. The molecule has 3 N–H and O–H groups in total. The zero-order chi connectivity index (χ0) is 33.1. The first-order chi connectivity index (χ1) is 21.0. The molecule has 1 aromatic carbocycles. The molecule has 2 heterocycles. The van der Waals surface area contributed by atoms with E-state index < -0.39 is 21.5 Å². The maximum Gasteiger partial charge on any atom is 0.407 e. The van der Waals surface area contributed by atoms with Crippen molar-refractivity contribution < 1.29 is 27.5 Å². The quantitative estimate of drug-likeness (QED) is 0.352. The maximum atomic E-state index is 12.9. The van der Waals surface area contributed by atoms with Crippen molar-refractivity contribution in [3.8, 4) is 0 Å². The van der Waals surface area contributed by atoms with Gasteiger partial charge < -0.3 is 30.5 Å². The summed E-state index contributed by atoms with van der Waals surface area (Å²) in [6.07, 6.45) is 6.66. The molecule has 3 amide bonds. The number of amides is 3. The molecule has 0 atom stereocenters. The molecular weight excluding hydrogens is 598 g/mol. The summed E-state index contributed by atoms with van der Waals surface area (Å²) in [5.74, 6) is 0.886. The molecule has 14 heteroatoms. The molecule has 1 aliphatic carbocycles. The van der Waals surface area contributed by atoms with Crippen molar-refractivity contribution in [2.45, 2.75) is 95.7 Å². The fourth-order valence-corrected chi connectivity index (χ4v) is 6.16. The number of carbonyl (C=O) groups excluding carboxylic acids is 3. The highest BCUT2D eigenvalue weighted by atomic mass is 32.2. The molecule has 0 bridgehead atoms. The Morgan fingerprint density at radius 3 is 2.38 bits per heavy atom. The van der Waals surface area contributed by atoms with E-state index in [1.165, 1.54) is 17.0 Å². The number of fused-ring (bicyclic) bond motifs is 1. The third kappa shape index (κ3) is 9.28. The molecule has 0 saturated heterocycles. The van der Waals surface area contributed by atoms with Crippen LogP contribution >= 0.6 is 0 Å². The molecule has 2 aromatic rings. The van der Waals surface area contributed by atoms with Gasteiger partial charge in [-0.1, -0.05) is 0 Å². The highest BCUT2D eigenvalue weighted by Crippen LogP contribution is 2.34. The standard InChI is InChI=1S/C31H45N7O6S/c1-19(2)38-18-27(40)37(6)25-17-32-29(36-28(25)38)34-23-14-22(15-24(16-23)45(7,42)43)33-26(39)13-10-20-8-11-21(12-9-20)35-30(41)44-31(3,4)5/h14-17,19-21H,8-13,18H2,1-7H3,(H,33,39)(H,35,41)(H,32,34,36). The predicted octanol–water partition coefficient (Wildman–Crippen LogP) is 4.62. The number of anilines is 5. The summed E-state index contributed by atoms with van der Waals surface area (Å²) in [4.78, 5) is 49.9. The number of benzene rings is 1. The minimum atomic E-state index is -3.60. The monoisotopic (exact) mass is 643 g/mol. The molecular formula is C31H45N7O6S. The topological polar surface area (TPSA) is 163 Å². The summed E-state index contributed by atoms with van der Waals surface area (Å²) in [5.41, 5.74) is 0.760. The highest BCUT2D eigenvalue weighted by molar-refractivity contribution is 7.90. The summed E-state index contributed by atoms with van der Waals surface area (Å²) in [6.45, 7) is 9.61. The van der Waals surface area contributed by atoms with Crippen LogP contribution in [0.2, 0.25) is 0 Å². The summed E-state index contributed by atoms with van der Waals surface area (Å²) in [6, 6.07) is 4.61. The Bertz CT molecular complexity index is 1530. The summed E-state index contributed by atoms with van der Waals surface area (Å²) >= 11 is 0. The number of ether oxygens (including phenoxy) is 1. The number of alkyl carbamates (subject to hydrolysis) is 1. The number of rotatable bonds is 9. The molecule has 1 fully saturated rings. The van der Waals surface area contributed by atoms with E-state index in [2.05, 4.69) is 25.9 Å². The van der Waals surface area contributed by atoms with Crippen molar-refractivity contribution in [1.29, 1.82) is 0 Å². The van der Waals surface area contributed by atoms with Gasteiger partial charge in [0.1, 0.15) is 11.3 Å². The zero-order valence-electron chi connectivity index (χ0n) is 27.1. The van der Waals surface area contributed by atoms with Crippen LogP contribution in [0.1, 0.15) is 73.1 Å². The van der Waals surface area contributed by atoms with Crippen molar-refractivity contribution in [3.63, 3.8) is 0 Å². The third-order valence-electron chi connectivity index (χ3n) is 7.91. The van der Waals surface area contributed by atoms with E-state index in [1.54, 1.807) is 19.3 Å². The SMILES string of the molecule is CC(C)N1CC(=O)N(C)c2cnc(Nc3cc(NC(=O)CCC4CCC(NC(=O)OC(C)(C)C)CC4)cc(S(C)(=O)=O)c3)nc21. The second kappa shape index (κ2) is 13.6. The fraction of sp³-hybridized carbons (Fsp3) is 0.581. The first-order valence-electron chi connectivity index (χ1n) is 15.3. The smallest absolute Gasteiger partial charge is 0.407 e. The van der Waals surface area contributed by atoms with Crippen molar-refractivity contribution in [3.05, 3.63) is 24.4 Å². The predicted molar refractivity (Wildman–Crippen MR) is 174 cm³/mol. The molecule has 1 saturated carbocycles. The number of hydrogen-bond acceptors (Lipinski definition) is 10. The van der Waals surface area contributed by atoms with Gasteiger partial charge >= 0.3 is 6.09 Å². The fourth-order valence-electron chi connectivity index (χ4n) is 5.48. The van der Waals surface area contributed by atoms with Gasteiger partial charge in [0.25, 0.3) is 0 Å². The van der Waals surface area contributed by atoms with Crippen LogP contribution in [-0.4, -0.2) is 73.8 Å². The van der Waals surface area contributed by atoms with Crippen LogP contribution in [0.15, 0.2) is 29.3 Å². The van der Waals surface area contributed by atoms with Gasteiger partial charge in [-0.2, -0.15) is 4.98 Å². The number of hydrogen-bond donors (Lipinski definition) is 3. The number of sulfone groups is 1. The van der Waals surface area contributed by atoms with Crippen molar-refractivity contribution >= 4 is 56.6 Å². The number of aromatic nitrogens is 2. The number of likely N-dealkylation sites (N-methyl/N-ethyl adjacent to an activating group) is 1. The lowest BCUT2D eigenvalue weighted by molar-refractivity contribution is -0.117. The van der Waals surface area contributed by atoms with E-state index in [0.29, 0.717) is 35.2 Å². The second-order valence-electron chi connectivity index (χ2n) is 13.2. The number of nitrogens with zero attached hydrogens (tertiary/aromatic N) is 4. The van der Waals surface area contributed by atoms with Crippen LogP contribution in [-0.2, 0) is 24.2 Å². The van der Waals surface area contributed by atoms with Gasteiger partial charge in [-0.3, -0.25) is 9.59 Å². The van der Waals surface area contributed by atoms with Crippen LogP contribution in [0, 0.1) is 5.92 Å².